The fourth-order valence-corrected chi connectivity index (χ4v) is 4.53. The first-order valence-corrected chi connectivity index (χ1v) is 8.51. The lowest BCUT2D eigenvalue weighted by atomic mass is 10.1. The first kappa shape index (κ1) is 14.1. The Bertz CT molecular complexity index is 731. The Kier molecular flexibility index (Phi) is 3.49. The Morgan fingerprint density at radius 3 is 2.19 bits per heavy atom. The van der Waals surface area contributed by atoms with Crippen molar-refractivity contribution in [1.29, 1.82) is 0 Å². The van der Waals surface area contributed by atoms with E-state index in [0.29, 0.717) is 11.3 Å². The lowest BCUT2D eigenvalue weighted by Gasteiger charge is -2.05. The molecular weight excluding hydrogens is 284 g/mol. The molecule has 2 aromatic carbocycles. The van der Waals surface area contributed by atoms with Crippen LogP contribution in [0, 0.1) is 6.92 Å². The molecular formula is C17H18O3S. The van der Waals surface area contributed by atoms with Gasteiger partial charge in [0.2, 0.25) is 0 Å². The summed E-state index contributed by atoms with van der Waals surface area (Å²) in [5.74, 6) is 0.888. The molecule has 3 nitrogen and oxygen atoms in total. The Morgan fingerprint density at radius 1 is 1.00 bits per heavy atom. The fraction of sp³-hybridized carbons (Fsp3) is 0.294. The molecule has 1 saturated carbocycles. The van der Waals surface area contributed by atoms with Gasteiger partial charge in [-0.3, -0.25) is 0 Å². The predicted octanol–water partition coefficient (Wildman–Crippen LogP) is 3.33. The summed E-state index contributed by atoms with van der Waals surface area (Å²) in [4.78, 5) is 0.425. The number of rotatable bonds is 4. The third-order valence-electron chi connectivity index (χ3n) is 4.02. The zero-order valence-electron chi connectivity index (χ0n) is 12.1. The van der Waals surface area contributed by atoms with Crippen LogP contribution in [0.1, 0.15) is 23.5 Å². The molecule has 1 unspecified atom stereocenters. The summed E-state index contributed by atoms with van der Waals surface area (Å²) in [6.45, 7) is 1.95. The van der Waals surface area contributed by atoms with E-state index in [1.54, 1.807) is 19.2 Å². The zero-order valence-corrected chi connectivity index (χ0v) is 12.9. The van der Waals surface area contributed by atoms with E-state index in [-0.39, 0.29) is 11.2 Å². The SMILES string of the molecule is COc1ccc([C@@H]2CC2S(=O)(=O)c2ccc(C)cc2)cc1. The van der Waals surface area contributed by atoms with Crippen molar-refractivity contribution in [2.24, 2.45) is 0 Å². The van der Waals surface area contributed by atoms with Crippen LogP contribution < -0.4 is 4.74 Å². The monoisotopic (exact) mass is 302 g/mol. The van der Waals surface area contributed by atoms with Gasteiger partial charge in [-0.05, 0) is 43.2 Å². The summed E-state index contributed by atoms with van der Waals surface area (Å²) >= 11 is 0. The molecule has 4 heteroatoms. The van der Waals surface area contributed by atoms with Crippen molar-refractivity contribution in [1.82, 2.24) is 0 Å². The Balaban J connectivity index is 1.81. The van der Waals surface area contributed by atoms with Crippen LogP contribution in [0.5, 0.6) is 5.75 Å². The lowest BCUT2D eigenvalue weighted by Crippen LogP contribution is -2.09. The minimum Gasteiger partial charge on any atom is -0.497 e. The quantitative estimate of drug-likeness (QED) is 0.870. The summed E-state index contributed by atoms with van der Waals surface area (Å²) in [7, 11) is -1.60. The topological polar surface area (TPSA) is 43.4 Å². The van der Waals surface area contributed by atoms with E-state index in [1.165, 1.54) is 0 Å². The highest BCUT2D eigenvalue weighted by atomic mass is 32.2. The van der Waals surface area contributed by atoms with Crippen LogP contribution >= 0.6 is 0 Å². The maximum absolute atomic E-state index is 12.6. The Morgan fingerprint density at radius 2 is 1.62 bits per heavy atom. The molecule has 21 heavy (non-hydrogen) atoms. The van der Waals surface area contributed by atoms with Crippen LogP contribution in [0.4, 0.5) is 0 Å². The van der Waals surface area contributed by atoms with Crippen LogP contribution in [-0.4, -0.2) is 20.8 Å². The van der Waals surface area contributed by atoms with Crippen LogP contribution in [0.25, 0.3) is 0 Å². The van der Waals surface area contributed by atoms with E-state index in [4.69, 9.17) is 4.74 Å². The van der Waals surface area contributed by atoms with Crippen molar-refractivity contribution in [3.05, 3.63) is 59.7 Å². The van der Waals surface area contributed by atoms with E-state index in [9.17, 15) is 8.42 Å². The maximum atomic E-state index is 12.6. The number of hydrogen-bond donors (Lipinski definition) is 0. The van der Waals surface area contributed by atoms with Gasteiger partial charge in [-0.1, -0.05) is 29.8 Å². The molecule has 1 aliphatic carbocycles. The zero-order chi connectivity index (χ0) is 15.0. The molecule has 0 bridgehead atoms. The molecule has 0 heterocycles. The number of ether oxygens (including phenoxy) is 1. The molecule has 1 fully saturated rings. The highest BCUT2D eigenvalue weighted by molar-refractivity contribution is 7.92. The molecule has 3 rings (SSSR count). The number of methoxy groups -OCH3 is 1. The highest BCUT2D eigenvalue weighted by Gasteiger charge is 2.48. The van der Waals surface area contributed by atoms with Gasteiger partial charge in [0, 0.05) is 5.92 Å². The molecule has 2 atom stereocenters. The lowest BCUT2D eigenvalue weighted by molar-refractivity contribution is 0.414. The first-order chi connectivity index (χ1) is 10.0. The summed E-state index contributed by atoms with van der Waals surface area (Å²) in [6.07, 6.45) is 0.697. The Hall–Kier alpha value is -1.81. The third-order valence-corrected chi connectivity index (χ3v) is 6.27. The minimum atomic E-state index is -3.23. The second-order valence-electron chi connectivity index (χ2n) is 5.51. The smallest absolute Gasteiger partial charge is 0.181 e. The molecule has 0 saturated heterocycles. The normalized spacial score (nSPS) is 21.0. The van der Waals surface area contributed by atoms with Crippen LogP contribution in [-0.2, 0) is 9.84 Å². The molecule has 110 valence electrons. The molecule has 0 N–H and O–H groups in total. The second kappa shape index (κ2) is 5.19. The van der Waals surface area contributed by atoms with Crippen molar-refractivity contribution in [2.75, 3.05) is 7.11 Å². The first-order valence-electron chi connectivity index (χ1n) is 6.97. The van der Waals surface area contributed by atoms with Gasteiger partial charge < -0.3 is 4.74 Å². The van der Waals surface area contributed by atoms with E-state index in [0.717, 1.165) is 16.9 Å². The summed E-state index contributed by atoms with van der Waals surface area (Å²) in [6, 6.07) is 14.8. The van der Waals surface area contributed by atoms with Gasteiger partial charge in [0.05, 0.1) is 17.3 Å². The summed E-state index contributed by atoms with van der Waals surface area (Å²) in [5, 5.41) is -0.298. The average Bonchev–Trinajstić information content (AvgIpc) is 3.29. The van der Waals surface area contributed by atoms with Crippen molar-refractivity contribution in [3.8, 4) is 5.75 Å². The molecule has 0 radical (unpaired) electrons. The number of benzene rings is 2. The number of hydrogen-bond acceptors (Lipinski definition) is 3. The number of sulfone groups is 1. The largest absolute Gasteiger partial charge is 0.497 e. The van der Waals surface area contributed by atoms with Crippen LogP contribution in [0.3, 0.4) is 0 Å². The fourth-order valence-electron chi connectivity index (χ4n) is 2.62. The highest BCUT2D eigenvalue weighted by Crippen LogP contribution is 2.48. The van der Waals surface area contributed by atoms with Crippen LogP contribution in [0.15, 0.2) is 53.4 Å². The second-order valence-corrected chi connectivity index (χ2v) is 7.68. The van der Waals surface area contributed by atoms with Crippen molar-refractivity contribution in [3.63, 3.8) is 0 Å². The van der Waals surface area contributed by atoms with Gasteiger partial charge in [0.1, 0.15) is 5.75 Å². The van der Waals surface area contributed by atoms with Crippen LogP contribution in [0.2, 0.25) is 0 Å². The third kappa shape index (κ3) is 2.68. The van der Waals surface area contributed by atoms with Gasteiger partial charge >= 0.3 is 0 Å². The van der Waals surface area contributed by atoms with E-state index in [1.807, 2.05) is 43.3 Å². The van der Waals surface area contributed by atoms with E-state index < -0.39 is 9.84 Å². The minimum absolute atomic E-state index is 0.0993. The van der Waals surface area contributed by atoms with E-state index >= 15 is 0 Å². The van der Waals surface area contributed by atoms with Gasteiger partial charge in [-0.2, -0.15) is 0 Å². The summed E-state index contributed by atoms with van der Waals surface area (Å²) in [5.41, 5.74) is 2.13. The molecule has 0 aromatic heterocycles. The van der Waals surface area contributed by atoms with Gasteiger partial charge in [0.25, 0.3) is 0 Å². The van der Waals surface area contributed by atoms with Gasteiger partial charge in [-0.15, -0.1) is 0 Å². The molecule has 0 aliphatic heterocycles. The number of aryl methyl sites for hydroxylation is 1. The molecule has 2 aromatic rings. The van der Waals surface area contributed by atoms with Gasteiger partial charge in [0.15, 0.2) is 9.84 Å². The summed E-state index contributed by atoms with van der Waals surface area (Å²) < 4.78 is 30.3. The van der Waals surface area contributed by atoms with E-state index in [2.05, 4.69) is 0 Å². The van der Waals surface area contributed by atoms with Crippen molar-refractivity contribution >= 4 is 9.84 Å². The average molecular weight is 302 g/mol. The van der Waals surface area contributed by atoms with Gasteiger partial charge in [-0.25, -0.2) is 8.42 Å². The molecule has 1 aliphatic rings. The maximum Gasteiger partial charge on any atom is 0.181 e. The Labute approximate surface area is 125 Å². The molecule has 0 spiro atoms. The predicted molar refractivity (Wildman–Crippen MR) is 82.5 cm³/mol. The van der Waals surface area contributed by atoms with Crippen molar-refractivity contribution < 1.29 is 13.2 Å². The standard InChI is InChI=1S/C17H18O3S/c1-12-3-9-15(10-4-12)21(18,19)17-11-16(17)13-5-7-14(20-2)8-6-13/h3-10,16-17H,11H2,1-2H3/t16-,17?/m0/s1. The molecule has 0 amide bonds. The van der Waals surface area contributed by atoms with Crippen molar-refractivity contribution in [2.45, 2.75) is 29.4 Å².